The number of aliphatic hydroxyl groups excluding tert-OH is 1. The number of hydrogen-bond donors (Lipinski definition) is 1. The minimum absolute atomic E-state index is 0.424. The van der Waals surface area contributed by atoms with E-state index in [0.717, 1.165) is 22.8 Å². The summed E-state index contributed by atoms with van der Waals surface area (Å²) in [7, 11) is 2.04. The third-order valence-electron chi connectivity index (χ3n) is 3.13. The Morgan fingerprint density at radius 2 is 1.84 bits per heavy atom. The second-order valence-electron chi connectivity index (χ2n) is 4.75. The van der Waals surface area contributed by atoms with Crippen molar-refractivity contribution in [3.8, 4) is 0 Å². The molecular weight excluding hydrogens is 258 g/mol. The maximum atomic E-state index is 9.49. The van der Waals surface area contributed by atoms with Crippen LogP contribution in [0.5, 0.6) is 0 Å². The highest BCUT2D eigenvalue weighted by Crippen LogP contribution is 2.20. The number of nitrogens with zero attached hydrogens (tertiary/aromatic N) is 1. The summed E-state index contributed by atoms with van der Waals surface area (Å²) >= 11 is 5.98. The van der Waals surface area contributed by atoms with Crippen molar-refractivity contribution in [2.75, 3.05) is 11.9 Å². The smallest absolute Gasteiger partial charge is 0.0761 e. The van der Waals surface area contributed by atoms with Gasteiger partial charge in [-0.25, -0.2) is 0 Å². The summed E-state index contributed by atoms with van der Waals surface area (Å²) < 4.78 is 0. The first kappa shape index (κ1) is 13.9. The second-order valence-corrected chi connectivity index (χ2v) is 5.19. The van der Waals surface area contributed by atoms with Gasteiger partial charge in [0.05, 0.1) is 6.10 Å². The van der Waals surface area contributed by atoms with Gasteiger partial charge in [0.2, 0.25) is 0 Å². The van der Waals surface area contributed by atoms with Crippen LogP contribution < -0.4 is 4.90 Å². The fourth-order valence-electron chi connectivity index (χ4n) is 2.01. The monoisotopic (exact) mass is 275 g/mol. The molecule has 1 atom stereocenters. The Bertz CT molecular complexity index is 537. The Hall–Kier alpha value is -1.51. The zero-order valence-corrected chi connectivity index (χ0v) is 11.9. The van der Waals surface area contributed by atoms with Gasteiger partial charge in [-0.05, 0) is 42.3 Å². The van der Waals surface area contributed by atoms with Gasteiger partial charge in [0.15, 0.2) is 0 Å². The van der Waals surface area contributed by atoms with Crippen LogP contribution in [-0.2, 0) is 6.54 Å². The Labute approximate surface area is 119 Å². The van der Waals surface area contributed by atoms with E-state index in [-0.39, 0.29) is 0 Å². The molecule has 2 aromatic rings. The van der Waals surface area contributed by atoms with Crippen molar-refractivity contribution >= 4 is 17.3 Å². The van der Waals surface area contributed by atoms with Crippen LogP contribution in [0.3, 0.4) is 0 Å². The molecule has 0 saturated carbocycles. The lowest BCUT2D eigenvalue weighted by Crippen LogP contribution is -2.16. The first-order valence-electron chi connectivity index (χ1n) is 6.30. The maximum absolute atomic E-state index is 9.49. The van der Waals surface area contributed by atoms with Gasteiger partial charge in [-0.15, -0.1) is 0 Å². The van der Waals surface area contributed by atoms with E-state index in [2.05, 4.69) is 11.0 Å². The van der Waals surface area contributed by atoms with Gasteiger partial charge in [-0.2, -0.15) is 0 Å². The summed E-state index contributed by atoms with van der Waals surface area (Å²) in [5.74, 6) is 0. The molecule has 0 aromatic heterocycles. The van der Waals surface area contributed by atoms with Gasteiger partial charge in [-0.3, -0.25) is 0 Å². The highest BCUT2D eigenvalue weighted by molar-refractivity contribution is 6.30. The third-order valence-corrected chi connectivity index (χ3v) is 3.36. The minimum Gasteiger partial charge on any atom is -0.389 e. The fourth-order valence-corrected chi connectivity index (χ4v) is 2.22. The molecule has 0 radical (unpaired) electrons. The number of aliphatic hydroxyl groups is 1. The summed E-state index contributed by atoms with van der Waals surface area (Å²) in [6.45, 7) is 2.57. The van der Waals surface area contributed by atoms with Crippen molar-refractivity contribution in [2.45, 2.75) is 19.6 Å². The van der Waals surface area contributed by atoms with Crippen LogP contribution in [0.4, 0.5) is 5.69 Å². The first-order chi connectivity index (χ1) is 9.06. The summed E-state index contributed by atoms with van der Waals surface area (Å²) in [6, 6.07) is 15.8. The van der Waals surface area contributed by atoms with Gasteiger partial charge >= 0.3 is 0 Å². The predicted molar refractivity (Wildman–Crippen MR) is 80.6 cm³/mol. The maximum Gasteiger partial charge on any atom is 0.0761 e. The fraction of sp³-hybridized carbons (Fsp3) is 0.250. The zero-order valence-electron chi connectivity index (χ0n) is 11.2. The molecular formula is C16H18ClNO. The van der Waals surface area contributed by atoms with E-state index < -0.39 is 6.10 Å². The van der Waals surface area contributed by atoms with E-state index in [4.69, 9.17) is 11.6 Å². The molecule has 2 aromatic carbocycles. The molecule has 0 aliphatic rings. The average molecular weight is 276 g/mol. The van der Waals surface area contributed by atoms with Crippen LogP contribution in [-0.4, -0.2) is 12.2 Å². The molecule has 3 heteroatoms. The molecule has 2 nitrogen and oxygen atoms in total. The van der Waals surface area contributed by atoms with Gasteiger partial charge < -0.3 is 10.0 Å². The molecule has 0 heterocycles. The van der Waals surface area contributed by atoms with Crippen molar-refractivity contribution in [2.24, 2.45) is 0 Å². The average Bonchev–Trinajstić information content (AvgIpc) is 2.39. The SMILES string of the molecule is C[C@@H](O)c1ccc(N(C)Cc2cccc(Cl)c2)cc1. The van der Waals surface area contributed by atoms with Gasteiger partial charge in [0.1, 0.15) is 0 Å². The number of benzene rings is 2. The third kappa shape index (κ3) is 3.72. The van der Waals surface area contributed by atoms with E-state index in [1.54, 1.807) is 6.92 Å². The Morgan fingerprint density at radius 1 is 1.16 bits per heavy atom. The molecule has 2 rings (SSSR count). The van der Waals surface area contributed by atoms with Crippen LogP contribution in [0.15, 0.2) is 48.5 Å². The molecule has 1 N–H and O–H groups in total. The number of rotatable bonds is 4. The summed E-state index contributed by atoms with van der Waals surface area (Å²) in [6.07, 6.45) is -0.424. The van der Waals surface area contributed by atoms with Crippen LogP contribution in [0.1, 0.15) is 24.2 Å². The highest BCUT2D eigenvalue weighted by atomic mass is 35.5. The van der Waals surface area contributed by atoms with Crippen molar-refractivity contribution < 1.29 is 5.11 Å². The van der Waals surface area contributed by atoms with Crippen LogP contribution in [0.2, 0.25) is 5.02 Å². The largest absolute Gasteiger partial charge is 0.389 e. The van der Waals surface area contributed by atoms with E-state index in [9.17, 15) is 5.11 Å². The van der Waals surface area contributed by atoms with Crippen molar-refractivity contribution in [1.82, 2.24) is 0 Å². The molecule has 0 amide bonds. The molecule has 19 heavy (non-hydrogen) atoms. The molecule has 0 aliphatic carbocycles. The van der Waals surface area contributed by atoms with E-state index in [1.165, 1.54) is 5.56 Å². The normalized spacial score (nSPS) is 12.2. The zero-order chi connectivity index (χ0) is 13.8. The van der Waals surface area contributed by atoms with Gasteiger partial charge in [-0.1, -0.05) is 35.9 Å². The molecule has 0 unspecified atom stereocenters. The summed E-state index contributed by atoms with van der Waals surface area (Å²) in [5.41, 5.74) is 3.22. The number of hydrogen-bond acceptors (Lipinski definition) is 2. The molecule has 0 saturated heterocycles. The lowest BCUT2D eigenvalue weighted by atomic mass is 10.1. The number of halogens is 1. The summed E-state index contributed by atoms with van der Waals surface area (Å²) in [4.78, 5) is 2.15. The van der Waals surface area contributed by atoms with E-state index in [1.807, 2.05) is 49.5 Å². The van der Waals surface area contributed by atoms with Crippen LogP contribution in [0.25, 0.3) is 0 Å². The predicted octanol–water partition coefficient (Wildman–Crippen LogP) is 4.03. The quantitative estimate of drug-likeness (QED) is 0.911. The standard InChI is InChI=1S/C16H18ClNO/c1-12(19)14-6-8-16(9-7-14)18(2)11-13-4-3-5-15(17)10-13/h3-10,12,19H,11H2,1-2H3/t12-/m1/s1. The van der Waals surface area contributed by atoms with Gasteiger partial charge in [0, 0.05) is 24.3 Å². The Balaban J connectivity index is 2.09. The first-order valence-corrected chi connectivity index (χ1v) is 6.67. The Morgan fingerprint density at radius 3 is 2.42 bits per heavy atom. The lowest BCUT2D eigenvalue weighted by Gasteiger charge is -2.20. The van der Waals surface area contributed by atoms with Crippen molar-refractivity contribution in [3.05, 3.63) is 64.7 Å². The highest BCUT2D eigenvalue weighted by Gasteiger charge is 2.04. The topological polar surface area (TPSA) is 23.5 Å². The molecule has 0 spiro atoms. The van der Waals surface area contributed by atoms with Gasteiger partial charge in [0.25, 0.3) is 0 Å². The Kier molecular flexibility index (Phi) is 4.46. The lowest BCUT2D eigenvalue weighted by molar-refractivity contribution is 0.199. The molecule has 0 fully saturated rings. The van der Waals surface area contributed by atoms with Crippen LogP contribution in [0, 0.1) is 0 Å². The van der Waals surface area contributed by atoms with Crippen molar-refractivity contribution in [1.29, 1.82) is 0 Å². The van der Waals surface area contributed by atoms with Crippen molar-refractivity contribution in [3.63, 3.8) is 0 Å². The molecule has 100 valence electrons. The van der Waals surface area contributed by atoms with E-state index >= 15 is 0 Å². The second kappa shape index (κ2) is 6.09. The van der Waals surface area contributed by atoms with E-state index in [0.29, 0.717) is 0 Å². The minimum atomic E-state index is -0.424. The summed E-state index contributed by atoms with van der Waals surface area (Å²) in [5, 5.41) is 10.3. The molecule has 0 aliphatic heterocycles. The van der Waals surface area contributed by atoms with Crippen LogP contribution >= 0.6 is 11.6 Å². The number of anilines is 1. The molecule has 0 bridgehead atoms.